The molecular weight excluding hydrogens is 178 g/mol. The molecule has 0 radical (unpaired) electrons. The minimum atomic E-state index is 0.437. The molecular formula is C10H7N3O. The van der Waals surface area contributed by atoms with E-state index >= 15 is 0 Å². The molecule has 1 heterocycles. The number of hydrogen-bond acceptors (Lipinski definition) is 4. The largest absolute Gasteiger partial charge is 0.480 e. The van der Waals surface area contributed by atoms with Crippen molar-refractivity contribution in [3.05, 3.63) is 30.1 Å². The molecule has 1 aromatic heterocycles. The zero-order chi connectivity index (χ0) is 9.97. The van der Waals surface area contributed by atoms with Gasteiger partial charge in [0.2, 0.25) is 5.88 Å². The minimum absolute atomic E-state index is 0.437. The van der Waals surface area contributed by atoms with Crippen LogP contribution in [0.1, 0.15) is 5.56 Å². The van der Waals surface area contributed by atoms with Crippen LogP contribution in [0.4, 0.5) is 0 Å². The monoisotopic (exact) mass is 185 g/mol. The maximum atomic E-state index is 8.89. The summed E-state index contributed by atoms with van der Waals surface area (Å²) >= 11 is 0. The van der Waals surface area contributed by atoms with Gasteiger partial charge in [0.05, 0.1) is 23.6 Å². The Labute approximate surface area is 80.8 Å². The van der Waals surface area contributed by atoms with E-state index in [9.17, 15) is 0 Å². The van der Waals surface area contributed by atoms with Crippen molar-refractivity contribution in [2.45, 2.75) is 0 Å². The van der Waals surface area contributed by atoms with Crippen LogP contribution in [0.3, 0.4) is 0 Å². The summed E-state index contributed by atoms with van der Waals surface area (Å²) in [7, 11) is 1.52. The highest BCUT2D eigenvalue weighted by atomic mass is 16.5. The third kappa shape index (κ3) is 1.15. The molecule has 4 heteroatoms. The van der Waals surface area contributed by atoms with Gasteiger partial charge >= 0.3 is 0 Å². The highest BCUT2D eigenvalue weighted by Gasteiger charge is 2.07. The van der Waals surface area contributed by atoms with E-state index in [1.165, 1.54) is 13.4 Å². The summed E-state index contributed by atoms with van der Waals surface area (Å²) in [5, 5.41) is 9.56. The second kappa shape index (κ2) is 3.30. The topological polar surface area (TPSA) is 58.8 Å². The smallest absolute Gasteiger partial charge is 0.225 e. The van der Waals surface area contributed by atoms with Gasteiger partial charge < -0.3 is 4.74 Å². The Hall–Kier alpha value is -2.15. The van der Waals surface area contributed by atoms with Crippen molar-refractivity contribution in [1.82, 2.24) is 9.97 Å². The van der Waals surface area contributed by atoms with Crippen molar-refractivity contribution < 1.29 is 4.74 Å². The van der Waals surface area contributed by atoms with E-state index in [-0.39, 0.29) is 0 Å². The van der Waals surface area contributed by atoms with E-state index in [1.54, 1.807) is 12.1 Å². The number of nitriles is 1. The molecule has 0 amide bonds. The molecule has 0 aliphatic heterocycles. The minimum Gasteiger partial charge on any atom is -0.480 e. The maximum Gasteiger partial charge on any atom is 0.225 e. The van der Waals surface area contributed by atoms with Gasteiger partial charge in [-0.15, -0.1) is 0 Å². The average molecular weight is 185 g/mol. The molecule has 1 aromatic carbocycles. The lowest BCUT2D eigenvalue weighted by Crippen LogP contribution is -1.92. The normalized spacial score (nSPS) is 9.71. The van der Waals surface area contributed by atoms with Crippen LogP contribution in [-0.4, -0.2) is 17.1 Å². The van der Waals surface area contributed by atoms with E-state index in [2.05, 4.69) is 16.0 Å². The van der Waals surface area contributed by atoms with Gasteiger partial charge in [0.1, 0.15) is 12.4 Å². The first-order valence-corrected chi connectivity index (χ1v) is 4.04. The van der Waals surface area contributed by atoms with E-state index < -0.39 is 0 Å². The number of methoxy groups -OCH3 is 1. The Kier molecular flexibility index (Phi) is 1.99. The molecule has 0 bridgehead atoms. The molecule has 14 heavy (non-hydrogen) atoms. The summed E-state index contributed by atoms with van der Waals surface area (Å²) in [4.78, 5) is 8.01. The molecule has 0 fully saturated rings. The first-order chi connectivity index (χ1) is 6.86. The zero-order valence-corrected chi connectivity index (χ0v) is 7.56. The summed E-state index contributed by atoms with van der Waals surface area (Å²) in [6.07, 6.45) is 1.42. The fourth-order valence-electron chi connectivity index (χ4n) is 1.33. The number of fused-ring (bicyclic) bond motifs is 1. The van der Waals surface area contributed by atoms with Gasteiger partial charge in [-0.25, -0.2) is 9.97 Å². The lowest BCUT2D eigenvalue weighted by atomic mass is 10.1. The van der Waals surface area contributed by atoms with Crippen molar-refractivity contribution in [3.63, 3.8) is 0 Å². The molecule has 0 aliphatic carbocycles. The van der Waals surface area contributed by atoms with Crippen molar-refractivity contribution in [2.75, 3.05) is 7.11 Å². The third-order valence-electron chi connectivity index (χ3n) is 1.94. The Morgan fingerprint density at radius 3 is 2.93 bits per heavy atom. The average Bonchev–Trinajstić information content (AvgIpc) is 2.27. The van der Waals surface area contributed by atoms with E-state index in [1.807, 2.05) is 6.07 Å². The Morgan fingerprint density at radius 2 is 2.21 bits per heavy atom. The maximum absolute atomic E-state index is 8.89. The lowest BCUT2D eigenvalue weighted by Gasteiger charge is -2.03. The molecule has 0 spiro atoms. The van der Waals surface area contributed by atoms with Gasteiger partial charge in [-0.1, -0.05) is 6.07 Å². The van der Waals surface area contributed by atoms with E-state index in [0.717, 1.165) is 5.52 Å². The quantitative estimate of drug-likeness (QED) is 0.675. The number of aromatic nitrogens is 2. The molecule has 0 saturated heterocycles. The summed E-state index contributed by atoms with van der Waals surface area (Å²) in [5.41, 5.74) is 1.25. The fraction of sp³-hybridized carbons (Fsp3) is 0.100. The molecule has 0 saturated carbocycles. The number of rotatable bonds is 1. The first kappa shape index (κ1) is 8.45. The SMILES string of the molecule is COc1ncnc2cccc(C#N)c12. The van der Waals surface area contributed by atoms with E-state index in [4.69, 9.17) is 10.00 Å². The molecule has 4 nitrogen and oxygen atoms in total. The van der Waals surface area contributed by atoms with Crippen LogP contribution in [0.2, 0.25) is 0 Å². The summed E-state index contributed by atoms with van der Waals surface area (Å²) in [5.74, 6) is 0.437. The van der Waals surface area contributed by atoms with Crippen LogP contribution in [0.25, 0.3) is 10.9 Å². The number of hydrogen-bond donors (Lipinski definition) is 0. The molecule has 0 atom stereocenters. The van der Waals surface area contributed by atoms with Gasteiger partial charge in [-0.3, -0.25) is 0 Å². The van der Waals surface area contributed by atoms with Gasteiger partial charge in [0, 0.05) is 0 Å². The van der Waals surface area contributed by atoms with Crippen LogP contribution in [0.5, 0.6) is 5.88 Å². The Bertz CT molecular complexity index is 511. The second-order valence-electron chi connectivity index (χ2n) is 2.69. The molecule has 2 rings (SSSR count). The van der Waals surface area contributed by atoms with Crippen LogP contribution >= 0.6 is 0 Å². The lowest BCUT2D eigenvalue weighted by molar-refractivity contribution is 0.402. The number of benzene rings is 1. The Morgan fingerprint density at radius 1 is 1.36 bits per heavy atom. The molecule has 0 unspecified atom stereocenters. The van der Waals surface area contributed by atoms with Crippen LogP contribution in [0, 0.1) is 11.3 Å². The summed E-state index contributed by atoms with van der Waals surface area (Å²) in [6.45, 7) is 0. The van der Waals surface area contributed by atoms with Crippen LogP contribution in [-0.2, 0) is 0 Å². The highest BCUT2D eigenvalue weighted by Crippen LogP contribution is 2.23. The van der Waals surface area contributed by atoms with Gasteiger partial charge in [-0.05, 0) is 12.1 Å². The molecule has 0 N–H and O–H groups in total. The van der Waals surface area contributed by atoms with Gasteiger partial charge in [0.25, 0.3) is 0 Å². The van der Waals surface area contributed by atoms with Crippen molar-refractivity contribution in [1.29, 1.82) is 5.26 Å². The zero-order valence-electron chi connectivity index (χ0n) is 7.56. The summed E-state index contributed by atoms with van der Waals surface area (Å²) in [6, 6.07) is 7.41. The highest BCUT2D eigenvalue weighted by molar-refractivity contribution is 5.88. The number of ether oxygens (including phenoxy) is 1. The van der Waals surface area contributed by atoms with Crippen molar-refractivity contribution >= 4 is 10.9 Å². The fourth-order valence-corrected chi connectivity index (χ4v) is 1.33. The number of nitrogens with zero attached hydrogens (tertiary/aromatic N) is 3. The summed E-state index contributed by atoms with van der Waals surface area (Å²) < 4.78 is 5.07. The molecule has 2 aromatic rings. The van der Waals surface area contributed by atoms with Gasteiger partial charge in [-0.2, -0.15) is 5.26 Å². The predicted octanol–water partition coefficient (Wildman–Crippen LogP) is 1.51. The predicted molar refractivity (Wildman–Crippen MR) is 50.8 cm³/mol. The van der Waals surface area contributed by atoms with Crippen molar-refractivity contribution in [2.24, 2.45) is 0 Å². The first-order valence-electron chi connectivity index (χ1n) is 4.04. The van der Waals surface area contributed by atoms with E-state index in [0.29, 0.717) is 16.8 Å². The standard InChI is InChI=1S/C10H7N3O/c1-14-10-9-7(5-11)3-2-4-8(9)12-6-13-10/h2-4,6H,1H3. The molecule has 68 valence electrons. The third-order valence-corrected chi connectivity index (χ3v) is 1.94. The van der Waals surface area contributed by atoms with Crippen molar-refractivity contribution in [3.8, 4) is 11.9 Å². The molecule has 0 aliphatic rings. The van der Waals surface area contributed by atoms with Crippen LogP contribution in [0.15, 0.2) is 24.5 Å². The second-order valence-corrected chi connectivity index (χ2v) is 2.69. The van der Waals surface area contributed by atoms with Gasteiger partial charge in [0.15, 0.2) is 0 Å². The van der Waals surface area contributed by atoms with Crippen LogP contribution < -0.4 is 4.74 Å². The Balaban J connectivity index is 2.90.